The number of anilines is 1. The minimum absolute atomic E-state index is 0.0239. The number of para-hydroxylation sites is 2. The van der Waals surface area contributed by atoms with Gasteiger partial charge in [-0.2, -0.15) is 5.10 Å². The standard InChI is InChI=1S/C25H26N4O5/c1-5-32-21-10-7-6-9-19(21)28-24(30)16(4)34-25(31)17-13-20(22-11-8-12-33-22)27-23-18(17)14-26-29(23)15(2)3/h6-16H,5H2,1-4H3,(H,28,30). The third-order valence-corrected chi connectivity index (χ3v) is 5.15. The van der Waals surface area contributed by atoms with Gasteiger partial charge in [-0.1, -0.05) is 12.1 Å². The number of rotatable bonds is 8. The van der Waals surface area contributed by atoms with Gasteiger partial charge in [0.25, 0.3) is 5.91 Å². The number of furan rings is 1. The second-order valence-corrected chi connectivity index (χ2v) is 7.92. The highest BCUT2D eigenvalue weighted by molar-refractivity contribution is 6.05. The van der Waals surface area contributed by atoms with Crippen molar-refractivity contribution < 1.29 is 23.5 Å². The fraction of sp³-hybridized carbons (Fsp3) is 0.280. The monoisotopic (exact) mass is 462 g/mol. The van der Waals surface area contributed by atoms with Gasteiger partial charge in [0.2, 0.25) is 0 Å². The number of esters is 1. The number of pyridine rings is 1. The van der Waals surface area contributed by atoms with Crippen LogP contribution in [-0.4, -0.2) is 39.4 Å². The lowest BCUT2D eigenvalue weighted by Gasteiger charge is -2.16. The number of nitrogens with zero attached hydrogens (tertiary/aromatic N) is 3. The minimum Gasteiger partial charge on any atom is -0.492 e. The number of aromatic nitrogens is 3. The topological polar surface area (TPSA) is 108 Å². The summed E-state index contributed by atoms with van der Waals surface area (Å²) in [4.78, 5) is 30.6. The van der Waals surface area contributed by atoms with Crippen LogP contribution in [0.4, 0.5) is 5.69 Å². The Labute approximate surface area is 196 Å². The smallest absolute Gasteiger partial charge is 0.339 e. The van der Waals surface area contributed by atoms with Gasteiger partial charge >= 0.3 is 5.97 Å². The molecule has 0 fully saturated rings. The summed E-state index contributed by atoms with van der Waals surface area (Å²) in [6.07, 6.45) is 2.05. The molecule has 0 bridgehead atoms. The second-order valence-electron chi connectivity index (χ2n) is 7.92. The Morgan fingerprint density at radius 3 is 2.65 bits per heavy atom. The summed E-state index contributed by atoms with van der Waals surface area (Å²) >= 11 is 0. The van der Waals surface area contributed by atoms with Crippen LogP contribution in [0.1, 0.15) is 44.1 Å². The van der Waals surface area contributed by atoms with E-state index in [2.05, 4.69) is 15.4 Å². The molecule has 3 aromatic heterocycles. The summed E-state index contributed by atoms with van der Waals surface area (Å²) in [5.41, 5.74) is 1.74. The van der Waals surface area contributed by atoms with E-state index in [0.717, 1.165) is 0 Å². The number of carbonyl (C=O) groups is 2. The lowest BCUT2D eigenvalue weighted by Crippen LogP contribution is -2.30. The van der Waals surface area contributed by atoms with Crippen LogP contribution in [0, 0.1) is 0 Å². The molecule has 9 nitrogen and oxygen atoms in total. The molecular formula is C25H26N4O5. The second kappa shape index (κ2) is 9.78. The maximum atomic E-state index is 13.2. The van der Waals surface area contributed by atoms with Gasteiger partial charge < -0.3 is 19.2 Å². The fourth-order valence-electron chi connectivity index (χ4n) is 3.48. The summed E-state index contributed by atoms with van der Waals surface area (Å²) in [5, 5.41) is 7.67. The average molecular weight is 463 g/mol. The molecule has 4 rings (SSSR count). The third-order valence-electron chi connectivity index (χ3n) is 5.15. The zero-order valence-electron chi connectivity index (χ0n) is 19.4. The van der Waals surface area contributed by atoms with E-state index in [4.69, 9.17) is 13.9 Å². The molecule has 1 aromatic carbocycles. The number of nitrogens with one attached hydrogen (secondary N) is 1. The summed E-state index contributed by atoms with van der Waals surface area (Å²) in [7, 11) is 0. The van der Waals surface area contributed by atoms with Crippen molar-refractivity contribution in [3.63, 3.8) is 0 Å². The van der Waals surface area contributed by atoms with Crippen molar-refractivity contribution in [3.05, 3.63) is 60.5 Å². The molecule has 0 aliphatic rings. The quantitative estimate of drug-likeness (QED) is 0.373. The van der Waals surface area contributed by atoms with Crippen molar-refractivity contribution in [2.24, 2.45) is 0 Å². The molecule has 0 aliphatic heterocycles. The maximum absolute atomic E-state index is 13.2. The van der Waals surface area contributed by atoms with Gasteiger partial charge in [-0.3, -0.25) is 4.79 Å². The zero-order chi connectivity index (χ0) is 24.2. The van der Waals surface area contributed by atoms with E-state index in [1.165, 1.54) is 13.2 Å². The molecule has 9 heteroatoms. The van der Waals surface area contributed by atoms with Crippen LogP contribution in [0.5, 0.6) is 5.75 Å². The average Bonchev–Trinajstić information content (AvgIpc) is 3.50. The van der Waals surface area contributed by atoms with E-state index in [0.29, 0.717) is 40.5 Å². The number of benzene rings is 1. The van der Waals surface area contributed by atoms with E-state index in [9.17, 15) is 9.59 Å². The molecule has 176 valence electrons. The molecule has 0 spiro atoms. The Morgan fingerprint density at radius 1 is 1.15 bits per heavy atom. The zero-order valence-corrected chi connectivity index (χ0v) is 19.4. The molecule has 1 atom stereocenters. The lowest BCUT2D eigenvalue weighted by molar-refractivity contribution is -0.123. The Morgan fingerprint density at radius 2 is 1.94 bits per heavy atom. The van der Waals surface area contributed by atoms with E-state index in [1.54, 1.807) is 47.3 Å². The SMILES string of the molecule is CCOc1ccccc1NC(=O)C(C)OC(=O)c1cc(-c2ccco2)nc2c1cnn2C(C)C. The third kappa shape index (κ3) is 4.63. The van der Waals surface area contributed by atoms with Crippen molar-refractivity contribution in [1.82, 2.24) is 14.8 Å². The predicted molar refractivity (Wildman–Crippen MR) is 127 cm³/mol. The Hall–Kier alpha value is -4.14. The molecule has 34 heavy (non-hydrogen) atoms. The molecule has 1 N–H and O–H groups in total. The highest BCUT2D eigenvalue weighted by Crippen LogP contribution is 2.28. The first-order chi connectivity index (χ1) is 16.4. The number of hydrogen-bond donors (Lipinski definition) is 1. The van der Waals surface area contributed by atoms with Crippen LogP contribution in [-0.2, 0) is 9.53 Å². The van der Waals surface area contributed by atoms with Gasteiger partial charge in [0.1, 0.15) is 11.4 Å². The van der Waals surface area contributed by atoms with Gasteiger partial charge in [-0.05, 0) is 58.0 Å². The van der Waals surface area contributed by atoms with Gasteiger partial charge in [0, 0.05) is 6.04 Å². The van der Waals surface area contributed by atoms with Gasteiger partial charge in [-0.15, -0.1) is 0 Å². The molecule has 0 aliphatic carbocycles. The number of hydrogen-bond acceptors (Lipinski definition) is 7. The molecule has 4 aromatic rings. The lowest BCUT2D eigenvalue weighted by atomic mass is 10.1. The van der Waals surface area contributed by atoms with Crippen LogP contribution < -0.4 is 10.1 Å². The minimum atomic E-state index is -1.06. The first-order valence-corrected chi connectivity index (χ1v) is 11.0. The van der Waals surface area contributed by atoms with Crippen LogP contribution >= 0.6 is 0 Å². The van der Waals surface area contributed by atoms with Crippen molar-refractivity contribution >= 4 is 28.6 Å². The van der Waals surface area contributed by atoms with Crippen molar-refractivity contribution in [3.8, 4) is 17.2 Å². The highest BCUT2D eigenvalue weighted by Gasteiger charge is 2.24. The van der Waals surface area contributed by atoms with E-state index < -0.39 is 18.0 Å². The highest BCUT2D eigenvalue weighted by atomic mass is 16.5. The van der Waals surface area contributed by atoms with E-state index in [-0.39, 0.29) is 11.6 Å². The summed E-state index contributed by atoms with van der Waals surface area (Å²) in [6, 6.07) is 12.2. The summed E-state index contributed by atoms with van der Waals surface area (Å²) < 4.78 is 18.3. The largest absolute Gasteiger partial charge is 0.492 e. The van der Waals surface area contributed by atoms with Crippen molar-refractivity contribution in [2.45, 2.75) is 39.8 Å². The number of fused-ring (bicyclic) bond motifs is 1. The molecule has 0 radical (unpaired) electrons. The van der Waals surface area contributed by atoms with Crippen LogP contribution in [0.3, 0.4) is 0 Å². The Bertz CT molecular complexity index is 1310. The van der Waals surface area contributed by atoms with Gasteiger partial charge in [0.15, 0.2) is 17.5 Å². The normalized spacial score (nSPS) is 12.0. The van der Waals surface area contributed by atoms with Crippen LogP contribution in [0.15, 0.2) is 59.3 Å². The number of amides is 1. The molecule has 1 amide bonds. The Kier molecular flexibility index (Phi) is 6.62. The molecule has 3 heterocycles. The van der Waals surface area contributed by atoms with E-state index >= 15 is 0 Å². The molecular weight excluding hydrogens is 436 g/mol. The van der Waals surface area contributed by atoms with Crippen LogP contribution in [0.25, 0.3) is 22.5 Å². The number of carbonyl (C=O) groups excluding carboxylic acids is 2. The number of ether oxygens (including phenoxy) is 2. The molecule has 1 unspecified atom stereocenters. The van der Waals surface area contributed by atoms with Crippen LogP contribution in [0.2, 0.25) is 0 Å². The molecule has 0 saturated heterocycles. The first-order valence-electron chi connectivity index (χ1n) is 11.0. The summed E-state index contributed by atoms with van der Waals surface area (Å²) in [6.45, 7) is 7.77. The maximum Gasteiger partial charge on any atom is 0.339 e. The fourth-order valence-corrected chi connectivity index (χ4v) is 3.48. The first kappa shape index (κ1) is 23.0. The predicted octanol–water partition coefficient (Wildman–Crippen LogP) is 4.85. The van der Waals surface area contributed by atoms with Crippen molar-refractivity contribution in [2.75, 3.05) is 11.9 Å². The summed E-state index contributed by atoms with van der Waals surface area (Å²) in [5.74, 6) is -0.0955. The van der Waals surface area contributed by atoms with Crippen molar-refractivity contribution in [1.29, 1.82) is 0 Å². The Balaban J connectivity index is 1.61. The van der Waals surface area contributed by atoms with Gasteiger partial charge in [-0.25, -0.2) is 14.5 Å². The molecule has 0 saturated carbocycles. The van der Waals surface area contributed by atoms with E-state index in [1.807, 2.05) is 26.8 Å². The van der Waals surface area contributed by atoms with Gasteiger partial charge in [0.05, 0.1) is 35.7 Å².